The van der Waals surface area contributed by atoms with Gasteiger partial charge in [0.25, 0.3) is 0 Å². The number of aryl methyl sites for hydroxylation is 1. The predicted octanol–water partition coefficient (Wildman–Crippen LogP) is 3.08. The van der Waals surface area contributed by atoms with Gasteiger partial charge in [0.1, 0.15) is 5.69 Å². The molecule has 0 fully saturated rings. The minimum atomic E-state index is 0.286. The Bertz CT molecular complexity index is 790. The summed E-state index contributed by atoms with van der Waals surface area (Å²) in [4.78, 5) is 11.1. The first kappa shape index (κ1) is 12.2. The lowest BCUT2D eigenvalue weighted by Gasteiger charge is -2.04. The molecule has 0 unspecified atom stereocenters. The summed E-state index contributed by atoms with van der Waals surface area (Å²) in [5.74, 6) is 0. The van der Waals surface area contributed by atoms with Gasteiger partial charge in [-0.1, -0.05) is 23.2 Å². The Kier molecular flexibility index (Phi) is 2.80. The van der Waals surface area contributed by atoms with Crippen molar-refractivity contribution in [2.24, 2.45) is 7.05 Å². The fraction of sp³-hybridized carbons (Fsp3) is 0.0833. The number of H-pyrrole nitrogens is 1. The first-order chi connectivity index (χ1) is 9.11. The highest BCUT2D eigenvalue weighted by Gasteiger charge is 2.18. The maximum absolute atomic E-state index is 11.1. The van der Waals surface area contributed by atoms with Crippen LogP contribution in [0.1, 0.15) is 10.5 Å². The lowest BCUT2D eigenvalue weighted by molar-refractivity contribution is 0.112. The van der Waals surface area contributed by atoms with Crippen molar-refractivity contribution >= 4 is 40.4 Å². The Morgan fingerprint density at radius 1 is 1.42 bits per heavy atom. The molecule has 0 aliphatic rings. The van der Waals surface area contributed by atoms with Crippen LogP contribution in [0.4, 0.5) is 0 Å². The number of hydrogen-bond donors (Lipinski definition) is 1. The van der Waals surface area contributed by atoms with Crippen molar-refractivity contribution in [3.05, 3.63) is 34.1 Å². The van der Waals surface area contributed by atoms with Crippen molar-refractivity contribution in [2.45, 2.75) is 0 Å². The number of rotatable bonds is 2. The van der Waals surface area contributed by atoms with E-state index in [0.29, 0.717) is 32.9 Å². The molecule has 7 heteroatoms. The highest BCUT2D eigenvalue weighted by atomic mass is 35.5. The SMILES string of the molecule is Cn1ccc(-c2cc(Cl)c(Cl)c3[nH]nc(C=O)c23)n1. The van der Waals surface area contributed by atoms with E-state index in [9.17, 15) is 4.79 Å². The average molecular weight is 295 g/mol. The summed E-state index contributed by atoms with van der Waals surface area (Å²) in [6, 6.07) is 3.53. The zero-order valence-electron chi connectivity index (χ0n) is 9.82. The molecule has 0 spiro atoms. The van der Waals surface area contributed by atoms with E-state index >= 15 is 0 Å². The van der Waals surface area contributed by atoms with Gasteiger partial charge in [0.2, 0.25) is 0 Å². The van der Waals surface area contributed by atoms with Gasteiger partial charge in [0.05, 0.1) is 21.3 Å². The van der Waals surface area contributed by atoms with E-state index in [1.54, 1.807) is 10.7 Å². The second-order valence-corrected chi connectivity index (χ2v) is 4.86. The number of halogens is 2. The quantitative estimate of drug-likeness (QED) is 0.739. The molecule has 19 heavy (non-hydrogen) atoms. The molecule has 0 radical (unpaired) electrons. The summed E-state index contributed by atoms with van der Waals surface area (Å²) in [7, 11) is 1.81. The second kappa shape index (κ2) is 4.36. The van der Waals surface area contributed by atoms with E-state index in [2.05, 4.69) is 15.3 Å². The molecule has 5 nitrogen and oxygen atoms in total. The van der Waals surface area contributed by atoms with Crippen molar-refractivity contribution in [3.8, 4) is 11.3 Å². The van der Waals surface area contributed by atoms with Crippen molar-refractivity contribution in [2.75, 3.05) is 0 Å². The Morgan fingerprint density at radius 3 is 2.84 bits per heavy atom. The number of hydrogen-bond acceptors (Lipinski definition) is 3. The van der Waals surface area contributed by atoms with E-state index in [-0.39, 0.29) is 5.69 Å². The molecule has 0 amide bonds. The molecule has 3 aromatic rings. The Hall–Kier alpha value is -1.85. The Morgan fingerprint density at radius 2 is 2.21 bits per heavy atom. The fourth-order valence-electron chi connectivity index (χ4n) is 2.02. The highest BCUT2D eigenvalue weighted by molar-refractivity contribution is 6.45. The number of aromatic amines is 1. The van der Waals surface area contributed by atoms with E-state index in [0.717, 1.165) is 5.56 Å². The van der Waals surface area contributed by atoms with Crippen LogP contribution in [-0.4, -0.2) is 26.3 Å². The maximum Gasteiger partial charge on any atom is 0.170 e. The number of nitrogens with zero attached hydrogens (tertiary/aromatic N) is 3. The molecule has 0 saturated carbocycles. The fourth-order valence-corrected chi connectivity index (χ4v) is 2.41. The minimum absolute atomic E-state index is 0.286. The number of fused-ring (bicyclic) bond motifs is 1. The number of benzene rings is 1. The molecule has 0 bridgehead atoms. The standard InChI is InChI=1S/C12H8Cl2N4O/c1-18-3-2-8(17-18)6-4-7(13)11(14)12-10(6)9(5-19)15-16-12/h2-5H,1H3,(H,15,16). The lowest BCUT2D eigenvalue weighted by Crippen LogP contribution is -1.90. The summed E-state index contributed by atoms with van der Waals surface area (Å²) < 4.78 is 1.67. The molecular formula is C12H8Cl2N4O. The lowest BCUT2D eigenvalue weighted by atomic mass is 10.1. The third-order valence-corrected chi connectivity index (χ3v) is 3.65. The average Bonchev–Trinajstić information content (AvgIpc) is 3.00. The summed E-state index contributed by atoms with van der Waals surface area (Å²) in [5.41, 5.74) is 2.25. The molecule has 1 N–H and O–H groups in total. The van der Waals surface area contributed by atoms with Crippen LogP contribution in [0, 0.1) is 0 Å². The van der Waals surface area contributed by atoms with Crippen LogP contribution in [0.3, 0.4) is 0 Å². The molecule has 0 saturated heterocycles. The van der Waals surface area contributed by atoms with Crippen molar-refractivity contribution in [1.29, 1.82) is 0 Å². The summed E-state index contributed by atoms with van der Waals surface area (Å²) in [6.07, 6.45) is 2.49. The zero-order chi connectivity index (χ0) is 13.6. The zero-order valence-corrected chi connectivity index (χ0v) is 11.3. The summed E-state index contributed by atoms with van der Waals surface area (Å²) >= 11 is 12.2. The van der Waals surface area contributed by atoms with Gasteiger partial charge in [-0.25, -0.2) is 0 Å². The Balaban J connectivity index is 2.43. The number of carbonyl (C=O) groups excluding carboxylic acids is 1. The molecule has 0 aliphatic carbocycles. The number of carbonyl (C=O) groups is 1. The molecule has 2 heterocycles. The molecule has 0 atom stereocenters. The summed E-state index contributed by atoms with van der Waals surface area (Å²) in [5, 5.41) is 12.3. The van der Waals surface area contributed by atoms with Gasteiger partial charge in [-0.15, -0.1) is 0 Å². The highest BCUT2D eigenvalue weighted by Crippen LogP contribution is 2.37. The van der Waals surface area contributed by atoms with Gasteiger partial charge in [0, 0.05) is 24.2 Å². The first-order valence-corrected chi connectivity index (χ1v) is 6.18. The largest absolute Gasteiger partial charge is 0.296 e. The number of aromatic nitrogens is 4. The topological polar surface area (TPSA) is 63.6 Å². The molecular weight excluding hydrogens is 287 g/mol. The number of nitrogens with one attached hydrogen (secondary N) is 1. The second-order valence-electron chi connectivity index (χ2n) is 4.07. The van der Waals surface area contributed by atoms with Crippen LogP contribution in [0.15, 0.2) is 18.3 Å². The van der Waals surface area contributed by atoms with Crippen molar-refractivity contribution < 1.29 is 4.79 Å². The molecule has 0 aliphatic heterocycles. The maximum atomic E-state index is 11.1. The monoisotopic (exact) mass is 294 g/mol. The van der Waals surface area contributed by atoms with E-state index in [4.69, 9.17) is 23.2 Å². The van der Waals surface area contributed by atoms with E-state index in [1.165, 1.54) is 0 Å². The van der Waals surface area contributed by atoms with Crippen LogP contribution in [0.2, 0.25) is 10.0 Å². The number of aldehydes is 1. The third kappa shape index (κ3) is 1.82. The van der Waals surface area contributed by atoms with Crippen molar-refractivity contribution in [1.82, 2.24) is 20.0 Å². The Labute approximate surface area is 118 Å². The third-order valence-electron chi connectivity index (χ3n) is 2.87. The van der Waals surface area contributed by atoms with Crippen LogP contribution < -0.4 is 0 Å². The van der Waals surface area contributed by atoms with Crippen LogP contribution in [-0.2, 0) is 7.05 Å². The predicted molar refractivity (Wildman–Crippen MR) is 73.7 cm³/mol. The van der Waals surface area contributed by atoms with Crippen LogP contribution in [0.25, 0.3) is 22.2 Å². The van der Waals surface area contributed by atoms with Crippen LogP contribution in [0.5, 0.6) is 0 Å². The van der Waals surface area contributed by atoms with Gasteiger partial charge in [-0.05, 0) is 12.1 Å². The summed E-state index contributed by atoms with van der Waals surface area (Å²) in [6.45, 7) is 0. The van der Waals surface area contributed by atoms with Gasteiger partial charge in [0.15, 0.2) is 6.29 Å². The molecule has 96 valence electrons. The van der Waals surface area contributed by atoms with Crippen LogP contribution >= 0.6 is 23.2 Å². The van der Waals surface area contributed by atoms with E-state index in [1.807, 2.05) is 19.3 Å². The van der Waals surface area contributed by atoms with E-state index < -0.39 is 0 Å². The van der Waals surface area contributed by atoms with Crippen molar-refractivity contribution in [3.63, 3.8) is 0 Å². The van der Waals surface area contributed by atoms with Gasteiger partial charge < -0.3 is 0 Å². The molecule has 2 aromatic heterocycles. The van der Waals surface area contributed by atoms with Gasteiger partial charge >= 0.3 is 0 Å². The van der Waals surface area contributed by atoms with Gasteiger partial charge in [-0.3, -0.25) is 14.6 Å². The normalized spacial score (nSPS) is 11.1. The smallest absolute Gasteiger partial charge is 0.170 e. The van der Waals surface area contributed by atoms with Gasteiger partial charge in [-0.2, -0.15) is 10.2 Å². The minimum Gasteiger partial charge on any atom is -0.296 e. The first-order valence-electron chi connectivity index (χ1n) is 5.43. The molecule has 3 rings (SSSR count). The molecule has 1 aromatic carbocycles.